The van der Waals surface area contributed by atoms with Gasteiger partial charge in [0, 0.05) is 23.8 Å². The molecule has 0 saturated heterocycles. The Morgan fingerprint density at radius 1 is 1.00 bits per heavy atom. The second-order valence-corrected chi connectivity index (χ2v) is 6.01. The Morgan fingerprint density at radius 3 is 2.89 bits per heavy atom. The minimum Gasteiger partial charge on any atom is -0.295 e. The topological polar surface area (TPSA) is 67.5 Å². The van der Waals surface area contributed by atoms with Crippen molar-refractivity contribution in [2.45, 2.75) is 0 Å². The van der Waals surface area contributed by atoms with Gasteiger partial charge in [0.05, 0.1) is 28.5 Å². The van der Waals surface area contributed by atoms with E-state index >= 15 is 0 Å². The Morgan fingerprint density at radius 2 is 1.93 bits per heavy atom. The maximum Gasteiger partial charge on any atom is 0.191 e. The summed E-state index contributed by atoms with van der Waals surface area (Å²) in [4.78, 5) is 13.3. The monoisotopic (exact) mass is 356 g/mol. The average molecular weight is 356 g/mol. The SMILES string of the molecule is Fc1ccc2c(c1)nc(N/N=C/c1ccc3ccccc3n1)c1nccn12. The molecule has 2 aromatic carbocycles. The predicted molar refractivity (Wildman–Crippen MR) is 103 cm³/mol. The number of para-hydroxylation sites is 1. The van der Waals surface area contributed by atoms with E-state index < -0.39 is 0 Å². The standard InChI is InChI=1S/C20H13FN6/c21-14-6-8-18-17(11-14)25-19(20-22-9-10-27(18)20)26-23-12-15-7-5-13-3-1-2-4-16(13)24-15/h1-12H,(H,25,26)/b23-12+. The fraction of sp³-hybridized carbons (Fsp3) is 0. The summed E-state index contributed by atoms with van der Waals surface area (Å²) in [5, 5.41) is 5.30. The summed E-state index contributed by atoms with van der Waals surface area (Å²) in [6.07, 6.45) is 5.08. The first kappa shape index (κ1) is 15.4. The number of hydrazone groups is 1. The highest BCUT2D eigenvalue weighted by Crippen LogP contribution is 2.21. The first-order valence-corrected chi connectivity index (χ1v) is 8.35. The van der Waals surface area contributed by atoms with Crippen LogP contribution >= 0.6 is 0 Å². The number of hydrogen-bond acceptors (Lipinski definition) is 5. The van der Waals surface area contributed by atoms with E-state index in [0.717, 1.165) is 16.4 Å². The number of aromatic nitrogens is 4. The van der Waals surface area contributed by atoms with Crippen molar-refractivity contribution < 1.29 is 4.39 Å². The van der Waals surface area contributed by atoms with Crippen LogP contribution in [0.3, 0.4) is 0 Å². The van der Waals surface area contributed by atoms with Gasteiger partial charge in [0.2, 0.25) is 0 Å². The number of nitrogens with one attached hydrogen (secondary N) is 1. The van der Waals surface area contributed by atoms with Gasteiger partial charge < -0.3 is 0 Å². The van der Waals surface area contributed by atoms with Gasteiger partial charge in [-0.3, -0.25) is 9.83 Å². The summed E-state index contributed by atoms with van der Waals surface area (Å²) in [6, 6.07) is 16.2. The first-order valence-electron chi connectivity index (χ1n) is 8.35. The fourth-order valence-electron chi connectivity index (χ4n) is 3.02. The van der Waals surface area contributed by atoms with Gasteiger partial charge in [0.1, 0.15) is 5.82 Å². The molecule has 0 aliphatic heterocycles. The molecule has 0 atom stereocenters. The lowest BCUT2D eigenvalue weighted by molar-refractivity contribution is 0.629. The molecule has 0 amide bonds. The van der Waals surface area contributed by atoms with Crippen LogP contribution < -0.4 is 5.43 Å². The molecule has 5 rings (SSSR count). The number of pyridine rings is 1. The third-order valence-corrected chi connectivity index (χ3v) is 4.27. The molecule has 3 heterocycles. The molecular weight excluding hydrogens is 343 g/mol. The number of fused-ring (bicyclic) bond motifs is 4. The van der Waals surface area contributed by atoms with E-state index in [1.807, 2.05) is 40.8 Å². The lowest BCUT2D eigenvalue weighted by atomic mass is 10.2. The van der Waals surface area contributed by atoms with Gasteiger partial charge in [0.15, 0.2) is 11.5 Å². The van der Waals surface area contributed by atoms with Crippen LogP contribution in [0.25, 0.3) is 27.6 Å². The van der Waals surface area contributed by atoms with Gasteiger partial charge in [-0.1, -0.05) is 24.3 Å². The number of benzene rings is 2. The van der Waals surface area contributed by atoms with Crippen LogP contribution in [0.2, 0.25) is 0 Å². The van der Waals surface area contributed by atoms with Crippen LogP contribution in [0.5, 0.6) is 0 Å². The quantitative estimate of drug-likeness (QED) is 0.392. The van der Waals surface area contributed by atoms with Crippen molar-refractivity contribution in [3.8, 4) is 0 Å². The number of anilines is 1. The van der Waals surface area contributed by atoms with Crippen molar-refractivity contribution in [1.29, 1.82) is 0 Å². The van der Waals surface area contributed by atoms with E-state index in [9.17, 15) is 4.39 Å². The Labute approximate surface area is 153 Å². The summed E-state index contributed by atoms with van der Waals surface area (Å²) >= 11 is 0. The van der Waals surface area contributed by atoms with Crippen molar-refractivity contribution >= 4 is 39.6 Å². The summed E-state index contributed by atoms with van der Waals surface area (Å²) in [6.45, 7) is 0. The highest BCUT2D eigenvalue weighted by molar-refractivity contribution is 5.86. The maximum absolute atomic E-state index is 13.6. The smallest absolute Gasteiger partial charge is 0.191 e. The molecule has 0 unspecified atom stereocenters. The zero-order chi connectivity index (χ0) is 18.2. The van der Waals surface area contributed by atoms with E-state index in [1.54, 1.807) is 24.7 Å². The largest absolute Gasteiger partial charge is 0.295 e. The highest BCUT2D eigenvalue weighted by atomic mass is 19.1. The Hall–Kier alpha value is -3.87. The van der Waals surface area contributed by atoms with Gasteiger partial charge in [0.25, 0.3) is 0 Å². The zero-order valence-electron chi connectivity index (χ0n) is 14.0. The number of hydrogen-bond donors (Lipinski definition) is 1. The van der Waals surface area contributed by atoms with E-state index in [1.165, 1.54) is 12.1 Å². The Balaban J connectivity index is 1.51. The summed E-state index contributed by atoms with van der Waals surface area (Å²) in [5.74, 6) is 0.0967. The first-order chi connectivity index (χ1) is 13.3. The Kier molecular flexibility index (Phi) is 3.50. The van der Waals surface area contributed by atoms with E-state index in [-0.39, 0.29) is 5.82 Å². The van der Waals surface area contributed by atoms with Crippen LogP contribution in [0, 0.1) is 5.82 Å². The van der Waals surface area contributed by atoms with Crippen molar-refractivity contribution in [3.63, 3.8) is 0 Å². The minimum absolute atomic E-state index is 0.343. The second kappa shape index (κ2) is 6.14. The third-order valence-electron chi connectivity index (χ3n) is 4.27. The number of imidazole rings is 1. The molecule has 27 heavy (non-hydrogen) atoms. The molecule has 6 nitrogen and oxygen atoms in total. The van der Waals surface area contributed by atoms with Crippen LogP contribution in [-0.4, -0.2) is 25.6 Å². The molecule has 0 aliphatic carbocycles. The molecule has 0 fully saturated rings. The minimum atomic E-state index is -0.343. The van der Waals surface area contributed by atoms with Crippen LogP contribution in [-0.2, 0) is 0 Å². The van der Waals surface area contributed by atoms with Gasteiger partial charge in [-0.15, -0.1) is 0 Å². The third kappa shape index (κ3) is 2.75. The van der Waals surface area contributed by atoms with Gasteiger partial charge in [-0.25, -0.2) is 19.3 Å². The lowest BCUT2D eigenvalue weighted by Gasteiger charge is -2.06. The number of halogens is 1. The van der Waals surface area contributed by atoms with Crippen molar-refractivity contribution in [2.75, 3.05) is 5.43 Å². The number of rotatable bonds is 3. The molecule has 7 heteroatoms. The Bertz CT molecular complexity index is 1320. The van der Waals surface area contributed by atoms with Crippen molar-refractivity contribution in [1.82, 2.24) is 19.4 Å². The molecule has 0 radical (unpaired) electrons. The van der Waals surface area contributed by atoms with Crippen LogP contribution in [0.15, 0.2) is 72.1 Å². The molecule has 3 aromatic heterocycles. The molecular formula is C20H13FN6. The number of nitrogens with zero attached hydrogens (tertiary/aromatic N) is 5. The molecule has 0 aliphatic rings. The molecule has 0 spiro atoms. The van der Waals surface area contributed by atoms with Gasteiger partial charge >= 0.3 is 0 Å². The predicted octanol–water partition coefficient (Wildman–Crippen LogP) is 4.02. The molecule has 0 bridgehead atoms. The molecule has 1 N–H and O–H groups in total. The van der Waals surface area contributed by atoms with Gasteiger partial charge in [-0.05, 0) is 24.3 Å². The zero-order valence-corrected chi connectivity index (χ0v) is 14.0. The summed E-state index contributed by atoms with van der Waals surface area (Å²) in [5.41, 5.74) is 6.41. The van der Waals surface area contributed by atoms with Crippen molar-refractivity contribution in [3.05, 3.63) is 78.5 Å². The van der Waals surface area contributed by atoms with E-state index in [0.29, 0.717) is 22.7 Å². The molecule has 5 aromatic rings. The summed E-state index contributed by atoms with van der Waals surface area (Å²) < 4.78 is 15.4. The molecule has 0 saturated carbocycles. The fourth-order valence-corrected chi connectivity index (χ4v) is 3.02. The lowest BCUT2D eigenvalue weighted by Crippen LogP contribution is -2.00. The average Bonchev–Trinajstić information content (AvgIpc) is 3.18. The van der Waals surface area contributed by atoms with Crippen LogP contribution in [0.1, 0.15) is 5.69 Å². The van der Waals surface area contributed by atoms with Crippen molar-refractivity contribution in [2.24, 2.45) is 5.10 Å². The van der Waals surface area contributed by atoms with Crippen LogP contribution in [0.4, 0.5) is 10.2 Å². The van der Waals surface area contributed by atoms with E-state index in [2.05, 4.69) is 25.5 Å². The highest BCUT2D eigenvalue weighted by Gasteiger charge is 2.09. The molecule has 130 valence electrons. The summed E-state index contributed by atoms with van der Waals surface area (Å²) in [7, 11) is 0. The normalized spacial score (nSPS) is 11.7. The van der Waals surface area contributed by atoms with E-state index in [4.69, 9.17) is 0 Å². The van der Waals surface area contributed by atoms with Gasteiger partial charge in [-0.2, -0.15) is 5.10 Å². The maximum atomic E-state index is 13.6. The second-order valence-electron chi connectivity index (χ2n) is 6.01.